The number of carbonyl (C=O) groups is 1. The van der Waals surface area contributed by atoms with Crippen LogP contribution in [-0.2, 0) is 4.79 Å². The number of nitrogens with one attached hydrogen (secondary N) is 1. The predicted molar refractivity (Wildman–Crippen MR) is 111 cm³/mol. The highest BCUT2D eigenvalue weighted by atomic mass is 79.9. The van der Waals surface area contributed by atoms with E-state index in [4.69, 9.17) is 14.6 Å². The van der Waals surface area contributed by atoms with Gasteiger partial charge in [0.05, 0.1) is 9.85 Å². The molecule has 2 aromatic carbocycles. The molecule has 1 saturated heterocycles. The molecule has 0 aromatic heterocycles. The summed E-state index contributed by atoms with van der Waals surface area (Å²) in [7, 11) is 0. The predicted octanol–water partition coefficient (Wildman–Crippen LogP) is 4.31. The van der Waals surface area contributed by atoms with E-state index in [1.165, 1.54) is 5.56 Å². The highest BCUT2D eigenvalue weighted by molar-refractivity contribution is 9.10. The van der Waals surface area contributed by atoms with Crippen LogP contribution < -0.4 is 14.8 Å². The van der Waals surface area contributed by atoms with Crippen LogP contribution >= 0.6 is 27.7 Å². The topological polar surface area (TPSA) is 67.8 Å². The van der Waals surface area contributed by atoms with Crippen LogP contribution in [0, 0.1) is 13.8 Å². The zero-order valence-corrected chi connectivity index (χ0v) is 17.6. The molecule has 1 aliphatic rings. The SMILES string of the molecule is Cc1cccc(OCCOc2ccc(C3NC(C(=O)O)CS3)cc2Br)c1C. The van der Waals surface area contributed by atoms with Gasteiger partial charge in [-0.05, 0) is 64.7 Å². The van der Waals surface area contributed by atoms with Crippen molar-refractivity contribution in [3.63, 3.8) is 0 Å². The largest absolute Gasteiger partial charge is 0.490 e. The molecule has 3 rings (SSSR count). The van der Waals surface area contributed by atoms with Crippen molar-refractivity contribution in [1.29, 1.82) is 0 Å². The highest BCUT2D eigenvalue weighted by Gasteiger charge is 2.30. The Morgan fingerprint density at radius 3 is 2.63 bits per heavy atom. The molecule has 2 N–H and O–H groups in total. The molecule has 0 amide bonds. The van der Waals surface area contributed by atoms with Gasteiger partial charge in [0.1, 0.15) is 30.8 Å². The fourth-order valence-corrected chi connectivity index (χ4v) is 4.52. The van der Waals surface area contributed by atoms with E-state index in [-0.39, 0.29) is 5.37 Å². The minimum atomic E-state index is -0.812. The summed E-state index contributed by atoms with van der Waals surface area (Å²) in [6.07, 6.45) is 0. The van der Waals surface area contributed by atoms with Crippen LogP contribution in [0.15, 0.2) is 40.9 Å². The van der Waals surface area contributed by atoms with E-state index in [1.54, 1.807) is 11.8 Å². The molecular formula is C20H22BrNO4S. The summed E-state index contributed by atoms with van der Waals surface area (Å²) in [5, 5.41) is 12.2. The van der Waals surface area contributed by atoms with Crippen LogP contribution in [-0.4, -0.2) is 36.1 Å². The Morgan fingerprint density at radius 1 is 1.22 bits per heavy atom. The van der Waals surface area contributed by atoms with Crippen molar-refractivity contribution in [3.8, 4) is 11.5 Å². The van der Waals surface area contributed by atoms with Gasteiger partial charge in [-0.3, -0.25) is 10.1 Å². The molecule has 0 bridgehead atoms. The zero-order chi connectivity index (χ0) is 19.4. The smallest absolute Gasteiger partial charge is 0.321 e. The Kier molecular flexibility index (Phi) is 6.68. The first-order valence-corrected chi connectivity index (χ1v) is 10.5. The molecule has 2 aromatic rings. The van der Waals surface area contributed by atoms with Crippen molar-refractivity contribution in [1.82, 2.24) is 5.32 Å². The average Bonchev–Trinajstić information content (AvgIpc) is 3.13. The van der Waals surface area contributed by atoms with Gasteiger partial charge in [0.15, 0.2) is 0 Å². The van der Waals surface area contributed by atoms with Crippen LogP contribution in [0.4, 0.5) is 0 Å². The van der Waals surface area contributed by atoms with E-state index in [0.29, 0.717) is 19.0 Å². The summed E-state index contributed by atoms with van der Waals surface area (Å²) in [6, 6.07) is 11.3. The number of hydrogen-bond acceptors (Lipinski definition) is 5. The van der Waals surface area contributed by atoms with Crippen molar-refractivity contribution >= 4 is 33.7 Å². The number of hydrogen-bond donors (Lipinski definition) is 2. The lowest BCUT2D eigenvalue weighted by Crippen LogP contribution is -2.33. The number of benzene rings is 2. The van der Waals surface area contributed by atoms with Crippen molar-refractivity contribution < 1.29 is 19.4 Å². The summed E-state index contributed by atoms with van der Waals surface area (Å²) in [4.78, 5) is 11.1. The molecular weight excluding hydrogens is 430 g/mol. The normalized spacial score (nSPS) is 19.1. The van der Waals surface area contributed by atoms with Gasteiger partial charge in [0.2, 0.25) is 0 Å². The molecule has 2 atom stereocenters. The molecule has 5 nitrogen and oxygen atoms in total. The number of rotatable bonds is 7. The number of aliphatic carboxylic acids is 1. The minimum Gasteiger partial charge on any atom is -0.490 e. The van der Waals surface area contributed by atoms with E-state index in [0.717, 1.165) is 27.1 Å². The third-order valence-corrected chi connectivity index (χ3v) is 6.38. The van der Waals surface area contributed by atoms with Crippen LogP contribution in [0.3, 0.4) is 0 Å². The van der Waals surface area contributed by atoms with Crippen LogP contribution in [0.25, 0.3) is 0 Å². The van der Waals surface area contributed by atoms with E-state index in [9.17, 15) is 4.79 Å². The van der Waals surface area contributed by atoms with Gasteiger partial charge in [-0.25, -0.2) is 0 Å². The molecule has 1 fully saturated rings. The lowest BCUT2D eigenvalue weighted by Gasteiger charge is -2.15. The number of ether oxygens (including phenoxy) is 2. The summed E-state index contributed by atoms with van der Waals surface area (Å²) >= 11 is 5.13. The van der Waals surface area contributed by atoms with E-state index in [1.807, 2.05) is 37.3 Å². The average molecular weight is 452 g/mol. The Hall–Kier alpha value is -1.70. The van der Waals surface area contributed by atoms with Crippen molar-refractivity contribution in [2.75, 3.05) is 19.0 Å². The molecule has 27 heavy (non-hydrogen) atoms. The number of thioether (sulfide) groups is 1. The van der Waals surface area contributed by atoms with Crippen molar-refractivity contribution in [2.24, 2.45) is 0 Å². The number of aryl methyl sites for hydroxylation is 1. The Bertz CT molecular complexity index is 830. The van der Waals surface area contributed by atoms with E-state index in [2.05, 4.69) is 34.2 Å². The van der Waals surface area contributed by atoms with Gasteiger partial charge >= 0.3 is 5.97 Å². The molecule has 0 saturated carbocycles. The Morgan fingerprint density at radius 2 is 1.96 bits per heavy atom. The lowest BCUT2D eigenvalue weighted by molar-refractivity contribution is -0.138. The minimum absolute atomic E-state index is 0.0240. The second-order valence-electron chi connectivity index (χ2n) is 6.36. The van der Waals surface area contributed by atoms with E-state index < -0.39 is 12.0 Å². The van der Waals surface area contributed by atoms with Gasteiger partial charge in [-0.15, -0.1) is 11.8 Å². The third-order valence-electron chi connectivity index (χ3n) is 4.49. The second kappa shape index (κ2) is 8.99. The number of carboxylic acids is 1. The molecule has 0 aliphatic carbocycles. The van der Waals surface area contributed by atoms with Gasteiger partial charge in [-0.2, -0.15) is 0 Å². The summed E-state index contributed by atoms with van der Waals surface area (Å²) < 4.78 is 12.5. The Labute approximate surface area is 171 Å². The number of carboxylic acid groups (broad SMARTS) is 1. The first kappa shape index (κ1) is 20.0. The molecule has 0 radical (unpaired) electrons. The van der Waals surface area contributed by atoms with Gasteiger partial charge in [0, 0.05) is 5.75 Å². The maximum absolute atomic E-state index is 11.1. The zero-order valence-electron chi connectivity index (χ0n) is 15.2. The van der Waals surface area contributed by atoms with Crippen LogP contribution in [0.1, 0.15) is 22.1 Å². The van der Waals surface area contributed by atoms with Crippen LogP contribution in [0.5, 0.6) is 11.5 Å². The summed E-state index contributed by atoms with van der Waals surface area (Å²) in [6.45, 7) is 5.00. The van der Waals surface area contributed by atoms with Crippen molar-refractivity contribution in [3.05, 3.63) is 57.6 Å². The monoisotopic (exact) mass is 451 g/mol. The fourth-order valence-electron chi connectivity index (χ4n) is 2.79. The summed E-state index contributed by atoms with van der Waals surface area (Å²) in [5.41, 5.74) is 3.37. The first-order valence-electron chi connectivity index (χ1n) is 8.67. The lowest BCUT2D eigenvalue weighted by atomic mass is 10.1. The first-order chi connectivity index (χ1) is 13.0. The van der Waals surface area contributed by atoms with Crippen LogP contribution in [0.2, 0.25) is 0 Å². The van der Waals surface area contributed by atoms with Gasteiger partial charge in [0.25, 0.3) is 0 Å². The molecule has 1 aliphatic heterocycles. The highest BCUT2D eigenvalue weighted by Crippen LogP contribution is 2.36. The fraction of sp³-hybridized carbons (Fsp3) is 0.350. The standard InChI is InChI=1S/C20H22BrNO4S/c1-12-4-3-5-17(13(12)2)25-8-9-26-18-7-6-14(10-15(18)21)19-22-16(11-27-19)20(23)24/h3-7,10,16,19,22H,8-9,11H2,1-2H3,(H,23,24). The quantitative estimate of drug-likeness (QED) is 0.611. The molecule has 7 heteroatoms. The maximum Gasteiger partial charge on any atom is 0.321 e. The molecule has 144 valence electrons. The third kappa shape index (κ3) is 4.97. The molecule has 1 heterocycles. The second-order valence-corrected chi connectivity index (χ2v) is 8.35. The van der Waals surface area contributed by atoms with E-state index >= 15 is 0 Å². The van der Waals surface area contributed by atoms with Gasteiger partial charge in [-0.1, -0.05) is 18.2 Å². The molecule has 2 unspecified atom stereocenters. The number of halogens is 1. The van der Waals surface area contributed by atoms with Crippen molar-refractivity contribution in [2.45, 2.75) is 25.3 Å². The van der Waals surface area contributed by atoms with Gasteiger partial charge < -0.3 is 14.6 Å². The summed E-state index contributed by atoms with van der Waals surface area (Å²) in [5.74, 6) is 1.37. The maximum atomic E-state index is 11.1. The Balaban J connectivity index is 1.52. The molecule has 0 spiro atoms.